The van der Waals surface area contributed by atoms with E-state index in [2.05, 4.69) is 78.5 Å². The molecule has 4 heterocycles. The van der Waals surface area contributed by atoms with Crippen LogP contribution in [-0.2, 0) is 28.2 Å². The van der Waals surface area contributed by atoms with E-state index in [4.69, 9.17) is 14.1 Å². The number of anilines is 3. The van der Waals surface area contributed by atoms with Crippen LogP contribution in [0.3, 0.4) is 0 Å². The summed E-state index contributed by atoms with van der Waals surface area (Å²) < 4.78 is 14.0. The lowest BCUT2D eigenvalue weighted by atomic mass is 9.83. The Kier molecular flexibility index (Phi) is 7.96. The van der Waals surface area contributed by atoms with Gasteiger partial charge in [-0.3, -0.25) is 9.58 Å². The zero-order valence-electron chi connectivity index (χ0n) is 25.3. The topological polar surface area (TPSA) is 113 Å². The monoisotopic (exact) mass is 574 g/mol. The van der Waals surface area contributed by atoms with Crippen LogP contribution in [-0.4, -0.2) is 72.4 Å². The number of hydrogen-bond donors (Lipinski definition) is 2. The number of aromatic nitrogens is 4. The molecular formula is C30H42N8O2Si. The Morgan fingerprint density at radius 2 is 2.00 bits per heavy atom. The molecule has 1 atom stereocenters. The summed E-state index contributed by atoms with van der Waals surface area (Å²) in [6.45, 7) is 18.8. The predicted molar refractivity (Wildman–Crippen MR) is 164 cm³/mol. The molecule has 218 valence electrons. The molecule has 1 aromatic carbocycles. The van der Waals surface area contributed by atoms with Gasteiger partial charge in [0, 0.05) is 63.2 Å². The number of morpholine rings is 1. The second-order valence-electron chi connectivity index (χ2n) is 13.0. The maximum Gasteiger partial charge on any atom is 0.227 e. The van der Waals surface area contributed by atoms with Gasteiger partial charge in [-0.15, -0.1) is 0 Å². The van der Waals surface area contributed by atoms with Crippen LogP contribution in [0, 0.1) is 11.3 Å². The zero-order valence-corrected chi connectivity index (χ0v) is 26.3. The van der Waals surface area contributed by atoms with Crippen molar-refractivity contribution in [3.8, 4) is 17.3 Å². The van der Waals surface area contributed by atoms with Gasteiger partial charge in [0.05, 0.1) is 41.5 Å². The Morgan fingerprint density at radius 3 is 2.71 bits per heavy atom. The van der Waals surface area contributed by atoms with Gasteiger partial charge in [-0.2, -0.15) is 10.4 Å². The van der Waals surface area contributed by atoms with Crippen LogP contribution in [0.1, 0.15) is 44.5 Å². The summed E-state index contributed by atoms with van der Waals surface area (Å²) in [6.07, 6.45) is 3.70. The average molecular weight is 575 g/mol. The van der Waals surface area contributed by atoms with E-state index in [1.165, 1.54) is 0 Å². The lowest BCUT2D eigenvalue weighted by Crippen LogP contribution is -2.45. The van der Waals surface area contributed by atoms with Crippen LogP contribution < -0.4 is 10.6 Å². The number of hydrogen-bond acceptors (Lipinski definition) is 9. The van der Waals surface area contributed by atoms with Crippen molar-refractivity contribution in [2.75, 3.05) is 50.1 Å². The lowest BCUT2D eigenvalue weighted by Gasteiger charge is -2.39. The summed E-state index contributed by atoms with van der Waals surface area (Å²) in [6, 6.07) is 8.35. The van der Waals surface area contributed by atoms with E-state index in [0.29, 0.717) is 18.1 Å². The van der Waals surface area contributed by atoms with Crippen LogP contribution in [0.2, 0.25) is 18.1 Å². The van der Waals surface area contributed by atoms with E-state index in [0.717, 1.165) is 73.3 Å². The molecule has 3 aromatic rings. The molecule has 0 aliphatic carbocycles. The van der Waals surface area contributed by atoms with Crippen molar-refractivity contribution in [3.63, 3.8) is 0 Å². The maximum atomic E-state index is 10.0. The highest BCUT2D eigenvalue weighted by molar-refractivity contribution is 6.74. The predicted octanol–water partition coefficient (Wildman–Crippen LogP) is 5.03. The highest BCUT2D eigenvalue weighted by Crippen LogP contribution is 2.44. The molecule has 10 nitrogen and oxygen atoms in total. The van der Waals surface area contributed by atoms with Gasteiger partial charge in [-0.05, 0) is 41.9 Å². The molecule has 0 radical (unpaired) electrons. The van der Waals surface area contributed by atoms with Gasteiger partial charge in [-0.1, -0.05) is 27.7 Å². The maximum absolute atomic E-state index is 10.0. The minimum absolute atomic E-state index is 0.124. The van der Waals surface area contributed by atoms with Gasteiger partial charge >= 0.3 is 0 Å². The van der Waals surface area contributed by atoms with Gasteiger partial charge in [0.2, 0.25) is 5.95 Å². The third-order valence-corrected chi connectivity index (χ3v) is 13.2. The molecule has 0 amide bonds. The number of fused-ring (bicyclic) bond motifs is 1. The Hall–Kier alpha value is -3.30. The summed E-state index contributed by atoms with van der Waals surface area (Å²) in [5, 5.41) is 21.7. The quantitative estimate of drug-likeness (QED) is 0.358. The Labute approximate surface area is 244 Å². The van der Waals surface area contributed by atoms with Crippen LogP contribution in [0.15, 0.2) is 30.6 Å². The van der Waals surface area contributed by atoms with Gasteiger partial charge in [0.1, 0.15) is 6.07 Å². The molecule has 2 aromatic heterocycles. The molecule has 0 saturated carbocycles. The Morgan fingerprint density at radius 1 is 1.24 bits per heavy atom. The molecule has 0 unspecified atom stereocenters. The number of rotatable bonds is 8. The summed E-state index contributed by atoms with van der Waals surface area (Å²) in [4.78, 5) is 11.7. The molecule has 1 fully saturated rings. The van der Waals surface area contributed by atoms with Gasteiger partial charge in [0.15, 0.2) is 8.32 Å². The number of nitrogens with one attached hydrogen (secondary N) is 2. The summed E-state index contributed by atoms with van der Waals surface area (Å²) in [5.41, 5.74) is 5.80. The van der Waals surface area contributed by atoms with Crippen molar-refractivity contribution in [1.29, 1.82) is 5.26 Å². The van der Waals surface area contributed by atoms with Crippen molar-refractivity contribution < 1.29 is 9.16 Å². The van der Waals surface area contributed by atoms with E-state index >= 15 is 0 Å². The summed E-state index contributed by atoms with van der Waals surface area (Å²) >= 11 is 0. The first kappa shape index (κ1) is 29.2. The number of ether oxygens (including phenoxy) is 1. The van der Waals surface area contributed by atoms with E-state index < -0.39 is 8.32 Å². The van der Waals surface area contributed by atoms with Crippen molar-refractivity contribution in [1.82, 2.24) is 24.6 Å². The highest BCUT2D eigenvalue weighted by Gasteiger charge is 2.42. The Balaban J connectivity index is 1.41. The van der Waals surface area contributed by atoms with Crippen molar-refractivity contribution in [2.24, 2.45) is 7.05 Å². The molecular weight excluding hydrogens is 532 g/mol. The highest BCUT2D eigenvalue weighted by atomic mass is 28.4. The molecule has 11 heteroatoms. The van der Waals surface area contributed by atoms with E-state index in [-0.39, 0.29) is 10.5 Å². The van der Waals surface area contributed by atoms with Crippen molar-refractivity contribution in [2.45, 2.75) is 57.8 Å². The first-order valence-electron chi connectivity index (χ1n) is 14.3. The van der Waals surface area contributed by atoms with Crippen LogP contribution in [0.5, 0.6) is 0 Å². The number of aryl methyl sites for hydroxylation is 1. The molecule has 5 rings (SSSR count). The second-order valence-corrected chi connectivity index (χ2v) is 17.8. The van der Waals surface area contributed by atoms with E-state index in [9.17, 15) is 5.26 Å². The molecule has 2 N–H and O–H groups in total. The number of benzene rings is 1. The Bertz CT molecular complexity index is 1450. The molecule has 41 heavy (non-hydrogen) atoms. The van der Waals surface area contributed by atoms with Crippen LogP contribution >= 0.6 is 0 Å². The molecule has 2 aliphatic heterocycles. The van der Waals surface area contributed by atoms with Crippen LogP contribution in [0.4, 0.5) is 17.3 Å². The standard InChI is InChI=1S/C30H42N8O2Si/c1-29(2,3)41(6,7)40-20-30(4)19-33-27-22(16-31)14-21(15-23(27)30)24-8-9-32-28(34-24)35-25-17-37(5)36-26(25)18-38-10-12-39-13-11-38/h8-9,14-15,17,33H,10-13,18-20H2,1-7H3,(H,32,34,35)/t30-/m1/s1. The minimum atomic E-state index is -1.94. The largest absolute Gasteiger partial charge is 0.416 e. The smallest absolute Gasteiger partial charge is 0.227 e. The SMILES string of the molecule is Cn1cc(Nc2nccc(-c3cc(C#N)c4c(c3)[C@@](C)(CO[Si](C)(C)C(C)(C)C)CN4)n2)c(CN2CCOCC2)n1. The summed E-state index contributed by atoms with van der Waals surface area (Å²) in [7, 11) is -0.0242. The lowest BCUT2D eigenvalue weighted by molar-refractivity contribution is 0.0336. The fraction of sp³-hybridized carbons (Fsp3) is 0.533. The first-order chi connectivity index (χ1) is 19.4. The van der Waals surface area contributed by atoms with Gasteiger partial charge < -0.3 is 19.8 Å². The minimum Gasteiger partial charge on any atom is -0.416 e. The van der Waals surface area contributed by atoms with Crippen molar-refractivity contribution in [3.05, 3.63) is 47.4 Å². The number of nitrogens with zero attached hydrogens (tertiary/aromatic N) is 6. The average Bonchev–Trinajstić information content (AvgIpc) is 3.45. The van der Waals surface area contributed by atoms with Gasteiger partial charge in [-0.25, -0.2) is 9.97 Å². The summed E-state index contributed by atoms with van der Waals surface area (Å²) in [5.74, 6) is 0.486. The normalized spacial score (nSPS) is 19.5. The fourth-order valence-corrected chi connectivity index (χ4v) is 6.15. The second kappa shape index (κ2) is 11.2. The zero-order chi connectivity index (χ0) is 29.4. The van der Waals surface area contributed by atoms with Crippen molar-refractivity contribution >= 4 is 25.6 Å². The van der Waals surface area contributed by atoms with E-state index in [1.54, 1.807) is 10.9 Å². The fourth-order valence-electron chi connectivity index (χ4n) is 5.04. The van der Waals surface area contributed by atoms with Crippen LogP contribution in [0.25, 0.3) is 11.3 Å². The first-order valence-corrected chi connectivity index (χ1v) is 17.2. The van der Waals surface area contributed by atoms with Gasteiger partial charge in [0.25, 0.3) is 0 Å². The van der Waals surface area contributed by atoms with E-state index in [1.807, 2.05) is 25.4 Å². The molecule has 2 aliphatic rings. The number of nitriles is 1. The molecule has 0 bridgehead atoms. The third-order valence-electron chi connectivity index (χ3n) is 8.70. The molecule has 0 spiro atoms. The molecule has 1 saturated heterocycles. The third kappa shape index (κ3) is 6.16.